The van der Waals surface area contributed by atoms with Gasteiger partial charge in [0.15, 0.2) is 11.6 Å². The van der Waals surface area contributed by atoms with Gasteiger partial charge >= 0.3 is 12.2 Å². The van der Waals surface area contributed by atoms with Gasteiger partial charge in [-0.3, -0.25) is 10.2 Å². The number of anilines is 3. The summed E-state index contributed by atoms with van der Waals surface area (Å²) in [6, 6.07) is 9.15. The standard InChI is InChI=1S/C28H27ClF3N5O4/c1-27(2)40-15-20(41-27)14-39-19-6-7-23(33-12-19)34-26(38)37-18-8-9-36(13-18)22-11-21(29)24(35-25(22)37)16-4-3-5-17(10-16)28(30,31)32/h3-7,10-12,18,20H,8-9,13-15H2,1-2H3,(H,33,34,38)/t18-,20-/m0/s1. The number of halogens is 4. The number of alkyl halides is 3. The lowest BCUT2D eigenvalue weighted by molar-refractivity contribution is -0.141. The molecule has 3 aliphatic rings. The summed E-state index contributed by atoms with van der Waals surface area (Å²) in [5, 5.41) is 3.01. The minimum Gasteiger partial charge on any atom is -0.489 e. The van der Waals surface area contributed by atoms with Crippen LogP contribution >= 0.6 is 11.6 Å². The van der Waals surface area contributed by atoms with Gasteiger partial charge in [-0.25, -0.2) is 14.8 Å². The van der Waals surface area contributed by atoms with Crippen molar-refractivity contribution in [3.05, 3.63) is 59.2 Å². The molecule has 0 spiro atoms. The summed E-state index contributed by atoms with van der Waals surface area (Å²) >= 11 is 6.53. The summed E-state index contributed by atoms with van der Waals surface area (Å²) in [6.45, 7) is 5.68. The molecule has 0 radical (unpaired) electrons. The summed E-state index contributed by atoms with van der Waals surface area (Å²) < 4.78 is 57.1. The van der Waals surface area contributed by atoms with E-state index in [9.17, 15) is 18.0 Å². The normalized spacial score (nSPS) is 21.1. The first-order valence-corrected chi connectivity index (χ1v) is 13.5. The Hall–Kier alpha value is -3.61. The third-order valence-corrected chi connectivity index (χ3v) is 7.48. The highest BCUT2D eigenvalue weighted by molar-refractivity contribution is 6.33. The van der Waals surface area contributed by atoms with E-state index in [0.717, 1.165) is 12.1 Å². The number of hydrogen-bond donors (Lipinski definition) is 1. The summed E-state index contributed by atoms with van der Waals surface area (Å²) in [5.74, 6) is 0.499. The molecule has 0 unspecified atom stereocenters. The number of hydrogen-bond acceptors (Lipinski definition) is 7. The first-order chi connectivity index (χ1) is 19.5. The van der Waals surface area contributed by atoms with Gasteiger partial charge in [-0.05, 0) is 50.6 Å². The van der Waals surface area contributed by atoms with E-state index in [0.29, 0.717) is 55.8 Å². The number of fused-ring (bicyclic) bond motifs is 4. The summed E-state index contributed by atoms with van der Waals surface area (Å²) in [5.41, 5.74) is 0.204. The third kappa shape index (κ3) is 5.64. The zero-order chi connectivity index (χ0) is 28.9. The summed E-state index contributed by atoms with van der Waals surface area (Å²) in [6.07, 6.45) is -2.51. The van der Waals surface area contributed by atoms with Crippen molar-refractivity contribution in [2.45, 2.75) is 44.4 Å². The van der Waals surface area contributed by atoms with Crippen LogP contribution in [-0.4, -0.2) is 60.2 Å². The maximum absolute atomic E-state index is 13.6. The molecule has 6 rings (SSSR count). The number of nitrogens with zero attached hydrogens (tertiary/aromatic N) is 4. The predicted octanol–water partition coefficient (Wildman–Crippen LogP) is 5.98. The van der Waals surface area contributed by atoms with E-state index < -0.39 is 23.6 Å². The summed E-state index contributed by atoms with van der Waals surface area (Å²) in [4.78, 5) is 26.1. The van der Waals surface area contributed by atoms with E-state index >= 15 is 0 Å². The molecule has 1 N–H and O–H groups in total. The van der Waals surface area contributed by atoms with Crippen LogP contribution in [0.3, 0.4) is 0 Å². The Kier molecular flexibility index (Phi) is 6.95. The van der Waals surface area contributed by atoms with Gasteiger partial charge in [-0.1, -0.05) is 23.7 Å². The van der Waals surface area contributed by atoms with Crippen molar-refractivity contribution in [1.82, 2.24) is 9.97 Å². The Morgan fingerprint density at radius 3 is 2.78 bits per heavy atom. The van der Waals surface area contributed by atoms with Crippen LogP contribution in [0, 0.1) is 0 Å². The topological polar surface area (TPSA) is 89.1 Å². The van der Waals surface area contributed by atoms with Gasteiger partial charge in [0.05, 0.1) is 40.8 Å². The van der Waals surface area contributed by atoms with Gasteiger partial charge in [-0.2, -0.15) is 13.2 Å². The van der Waals surface area contributed by atoms with E-state index in [1.165, 1.54) is 23.2 Å². The smallest absolute Gasteiger partial charge is 0.416 e. The lowest BCUT2D eigenvalue weighted by atomic mass is 10.1. The van der Waals surface area contributed by atoms with Crippen LogP contribution in [0.15, 0.2) is 48.7 Å². The number of pyridine rings is 2. The van der Waals surface area contributed by atoms with Crippen LogP contribution in [-0.2, 0) is 15.7 Å². The predicted molar refractivity (Wildman–Crippen MR) is 146 cm³/mol. The molecular formula is C28H27ClF3N5O4. The molecule has 5 heterocycles. The zero-order valence-electron chi connectivity index (χ0n) is 22.2. The average molecular weight is 590 g/mol. The molecule has 3 aromatic rings. The first kappa shape index (κ1) is 27.6. The molecule has 1 aromatic carbocycles. The molecule has 2 atom stereocenters. The average Bonchev–Trinajstić information content (AvgIpc) is 3.51. The van der Waals surface area contributed by atoms with Gasteiger partial charge in [0.1, 0.15) is 24.3 Å². The Morgan fingerprint density at radius 2 is 2.07 bits per heavy atom. The number of ether oxygens (including phenoxy) is 3. The van der Waals surface area contributed by atoms with E-state index in [4.69, 9.17) is 25.8 Å². The minimum atomic E-state index is -4.52. The number of rotatable bonds is 5. The van der Waals surface area contributed by atoms with Crippen molar-refractivity contribution in [2.24, 2.45) is 0 Å². The Morgan fingerprint density at radius 1 is 1.24 bits per heavy atom. The van der Waals surface area contributed by atoms with Crippen LogP contribution in [0.5, 0.6) is 5.75 Å². The highest BCUT2D eigenvalue weighted by Gasteiger charge is 2.41. The number of aromatic nitrogens is 2. The Bertz CT molecular complexity index is 1470. The van der Waals surface area contributed by atoms with Gasteiger partial charge in [0.25, 0.3) is 0 Å². The van der Waals surface area contributed by atoms with Gasteiger partial charge in [0.2, 0.25) is 0 Å². The monoisotopic (exact) mass is 589 g/mol. The van der Waals surface area contributed by atoms with E-state index in [1.807, 2.05) is 13.8 Å². The Labute approximate surface area is 239 Å². The fourth-order valence-electron chi connectivity index (χ4n) is 5.27. The number of benzene rings is 1. The van der Waals surface area contributed by atoms with Gasteiger partial charge in [0, 0.05) is 18.7 Å². The molecule has 216 valence electrons. The van der Waals surface area contributed by atoms with E-state index in [-0.39, 0.29) is 28.4 Å². The van der Waals surface area contributed by atoms with Crippen LogP contribution in [0.25, 0.3) is 11.3 Å². The molecule has 13 heteroatoms. The molecule has 9 nitrogen and oxygen atoms in total. The van der Waals surface area contributed by atoms with E-state index in [1.54, 1.807) is 18.2 Å². The second-order valence-corrected chi connectivity index (χ2v) is 11.0. The molecule has 2 saturated heterocycles. The third-order valence-electron chi connectivity index (χ3n) is 7.19. The quantitative estimate of drug-likeness (QED) is 0.392. The molecule has 2 bridgehead atoms. The fraction of sp³-hybridized carbons (Fsp3) is 0.393. The lowest BCUT2D eigenvalue weighted by Gasteiger charge is -2.36. The van der Waals surface area contributed by atoms with Crippen LogP contribution in [0.4, 0.5) is 35.3 Å². The lowest BCUT2D eigenvalue weighted by Crippen LogP contribution is -2.48. The van der Waals surface area contributed by atoms with Crippen LogP contribution in [0.1, 0.15) is 25.8 Å². The van der Waals surface area contributed by atoms with Crippen molar-refractivity contribution in [3.63, 3.8) is 0 Å². The van der Waals surface area contributed by atoms with Crippen molar-refractivity contribution in [3.8, 4) is 17.0 Å². The largest absolute Gasteiger partial charge is 0.489 e. The molecule has 2 fully saturated rings. The highest BCUT2D eigenvalue weighted by Crippen LogP contribution is 2.43. The minimum absolute atomic E-state index is 0.163. The fourth-order valence-corrected chi connectivity index (χ4v) is 5.53. The van der Waals surface area contributed by atoms with Crippen molar-refractivity contribution in [2.75, 3.05) is 41.4 Å². The van der Waals surface area contributed by atoms with Gasteiger partial charge in [-0.15, -0.1) is 0 Å². The molecule has 3 aliphatic heterocycles. The number of carbonyl (C=O) groups is 1. The Balaban J connectivity index is 1.21. The highest BCUT2D eigenvalue weighted by atomic mass is 35.5. The first-order valence-electron chi connectivity index (χ1n) is 13.1. The van der Waals surface area contributed by atoms with E-state index in [2.05, 4.69) is 20.2 Å². The molecule has 2 aromatic heterocycles. The van der Waals surface area contributed by atoms with Crippen molar-refractivity contribution < 1.29 is 32.2 Å². The summed E-state index contributed by atoms with van der Waals surface area (Å²) in [7, 11) is 0. The molecule has 0 aliphatic carbocycles. The number of carbonyl (C=O) groups excluding carboxylic acids is 1. The number of urea groups is 1. The maximum atomic E-state index is 13.6. The number of nitrogens with one attached hydrogen (secondary N) is 1. The number of amides is 2. The second kappa shape index (κ2) is 10.3. The zero-order valence-corrected chi connectivity index (χ0v) is 23.0. The van der Waals surface area contributed by atoms with Crippen LogP contribution < -0.4 is 19.9 Å². The SMILES string of the molecule is CC1(C)OC[C@H](COc2ccc(NC(=O)N3c4nc(-c5cccc(C(F)(F)F)c5)c(Cl)cc4N4CC[C@H]3C4)nc2)O1. The molecule has 0 saturated carbocycles. The molecular weight excluding hydrogens is 563 g/mol. The maximum Gasteiger partial charge on any atom is 0.416 e. The molecule has 2 amide bonds. The van der Waals surface area contributed by atoms with Crippen molar-refractivity contribution >= 4 is 35.0 Å². The van der Waals surface area contributed by atoms with Crippen molar-refractivity contribution in [1.29, 1.82) is 0 Å². The molecule has 41 heavy (non-hydrogen) atoms. The van der Waals surface area contributed by atoms with Gasteiger partial charge < -0.3 is 19.1 Å². The second-order valence-electron chi connectivity index (χ2n) is 10.6. The van der Waals surface area contributed by atoms with Crippen LogP contribution in [0.2, 0.25) is 5.02 Å².